The minimum Gasteiger partial charge on any atom is -0.496 e. The molecule has 0 saturated heterocycles. The van der Waals surface area contributed by atoms with Gasteiger partial charge in [-0.05, 0) is 31.2 Å². The minimum absolute atomic E-state index is 0.139. The molecular formula is C19H16ClNO5. The number of hydrogen-bond donors (Lipinski definition) is 0. The van der Waals surface area contributed by atoms with Crippen molar-refractivity contribution in [2.75, 3.05) is 18.6 Å². The number of carbonyl (C=O) groups excluding carboxylic acids is 2. The van der Waals surface area contributed by atoms with Crippen LogP contribution in [0.5, 0.6) is 5.75 Å². The first-order valence-electron chi connectivity index (χ1n) is 7.91. The fraction of sp³-hybridized carbons (Fsp3) is 0.158. The number of anilines is 1. The number of rotatable bonds is 5. The Morgan fingerprint density at radius 3 is 2.62 bits per heavy atom. The quantitative estimate of drug-likeness (QED) is 0.662. The lowest BCUT2D eigenvalue weighted by Gasteiger charge is -2.21. The topological polar surface area (TPSA) is 69.0 Å². The van der Waals surface area contributed by atoms with Crippen molar-refractivity contribution in [3.05, 3.63) is 59.9 Å². The van der Waals surface area contributed by atoms with Crippen molar-refractivity contribution >= 4 is 40.4 Å². The summed E-state index contributed by atoms with van der Waals surface area (Å²) < 4.78 is 15.3. The summed E-state index contributed by atoms with van der Waals surface area (Å²) in [5, 5.41) is 0.697. The van der Waals surface area contributed by atoms with Gasteiger partial charge < -0.3 is 18.3 Å². The third-order valence-corrected chi connectivity index (χ3v) is 4.14. The standard InChI is InChI=1S/C19H16ClNO5/c1-3-21(14-8-5-4-7-12(14)19(23)26-20)18(22)17-11-13-15(24-2)9-6-10-16(13)25-17/h4-11H,3H2,1-2H3. The predicted octanol–water partition coefficient (Wildman–Crippen LogP) is 4.42. The summed E-state index contributed by atoms with van der Waals surface area (Å²) in [5.74, 6) is -0.375. The fourth-order valence-electron chi connectivity index (χ4n) is 2.80. The molecule has 0 aliphatic heterocycles. The molecule has 0 fully saturated rings. The van der Waals surface area contributed by atoms with E-state index in [4.69, 9.17) is 21.0 Å². The van der Waals surface area contributed by atoms with E-state index in [2.05, 4.69) is 4.29 Å². The van der Waals surface area contributed by atoms with Crippen LogP contribution in [0.25, 0.3) is 11.0 Å². The first-order chi connectivity index (χ1) is 12.6. The summed E-state index contributed by atoms with van der Waals surface area (Å²) in [6.45, 7) is 2.11. The molecule has 0 radical (unpaired) electrons. The molecule has 134 valence electrons. The van der Waals surface area contributed by atoms with Gasteiger partial charge in [0.2, 0.25) is 0 Å². The van der Waals surface area contributed by atoms with Crippen LogP contribution >= 0.6 is 11.9 Å². The van der Waals surface area contributed by atoms with Crippen molar-refractivity contribution in [3.8, 4) is 5.75 Å². The first kappa shape index (κ1) is 17.8. The van der Waals surface area contributed by atoms with Crippen molar-refractivity contribution in [1.82, 2.24) is 0 Å². The molecule has 0 spiro atoms. The van der Waals surface area contributed by atoms with E-state index in [1.807, 2.05) is 0 Å². The van der Waals surface area contributed by atoms with Gasteiger partial charge in [0, 0.05) is 12.6 Å². The smallest absolute Gasteiger partial charge is 0.358 e. The predicted molar refractivity (Wildman–Crippen MR) is 97.8 cm³/mol. The molecule has 3 rings (SSSR count). The largest absolute Gasteiger partial charge is 0.496 e. The Bertz CT molecular complexity index is 965. The average Bonchev–Trinajstić information content (AvgIpc) is 3.12. The summed E-state index contributed by atoms with van der Waals surface area (Å²) >= 11 is 5.20. The van der Waals surface area contributed by atoms with Gasteiger partial charge in [-0.15, -0.1) is 0 Å². The normalized spacial score (nSPS) is 10.6. The van der Waals surface area contributed by atoms with E-state index >= 15 is 0 Å². The number of halogens is 1. The number of hydrogen-bond acceptors (Lipinski definition) is 5. The van der Waals surface area contributed by atoms with E-state index < -0.39 is 5.97 Å². The van der Waals surface area contributed by atoms with Gasteiger partial charge in [0.25, 0.3) is 5.91 Å². The summed E-state index contributed by atoms with van der Waals surface area (Å²) in [6.07, 6.45) is 0. The SMILES string of the molecule is CCN(C(=O)c1cc2c(OC)cccc2o1)c1ccccc1C(=O)OCl. The Hall–Kier alpha value is -2.99. The van der Waals surface area contributed by atoms with Crippen molar-refractivity contribution in [2.24, 2.45) is 0 Å². The van der Waals surface area contributed by atoms with E-state index in [-0.39, 0.29) is 17.2 Å². The summed E-state index contributed by atoms with van der Waals surface area (Å²) in [7, 11) is 1.55. The number of nitrogens with zero attached hydrogens (tertiary/aromatic N) is 1. The molecule has 26 heavy (non-hydrogen) atoms. The molecule has 0 aliphatic carbocycles. The molecule has 3 aromatic rings. The van der Waals surface area contributed by atoms with Crippen LogP contribution in [-0.4, -0.2) is 25.5 Å². The molecule has 0 unspecified atom stereocenters. The van der Waals surface area contributed by atoms with Gasteiger partial charge in [0.15, 0.2) is 5.76 Å². The molecule has 0 aliphatic rings. The number of furan rings is 1. The maximum atomic E-state index is 13.0. The van der Waals surface area contributed by atoms with Crippen LogP contribution in [0.15, 0.2) is 52.9 Å². The lowest BCUT2D eigenvalue weighted by Crippen LogP contribution is -2.31. The number of fused-ring (bicyclic) bond motifs is 1. The van der Waals surface area contributed by atoms with E-state index in [1.165, 1.54) is 11.0 Å². The van der Waals surface area contributed by atoms with E-state index in [0.29, 0.717) is 29.0 Å². The van der Waals surface area contributed by atoms with Crippen LogP contribution in [0.1, 0.15) is 27.8 Å². The monoisotopic (exact) mass is 373 g/mol. The number of ether oxygens (including phenoxy) is 1. The molecule has 0 bridgehead atoms. The fourth-order valence-corrected chi connectivity index (χ4v) is 2.88. The van der Waals surface area contributed by atoms with E-state index in [9.17, 15) is 9.59 Å². The number of benzene rings is 2. The highest BCUT2D eigenvalue weighted by atomic mass is 35.5. The third kappa shape index (κ3) is 3.11. The maximum absolute atomic E-state index is 13.0. The van der Waals surface area contributed by atoms with E-state index in [0.717, 1.165) is 0 Å². The molecule has 1 heterocycles. The van der Waals surface area contributed by atoms with Gasteiger partial charge in [-0.3, -0.25) is 4.79 Å². The second kappa shape index (κ2) is 7.49. The van der Waals surface area contributed by atoms with Crippen molar-refractivity contribution in [2.45, 2.75) is 6.92 Å². The van der Waals surface area contributed by atoms with Crippen molar-refractivity contribution in [3.63, 3.8) is 0 Å². The molecule has 7 heteroatoms. The Balaban J connectivity index is 2.05. The lowest BCUT2D eigenvalue weighted by atomic mass is 10.1. The van der Waals surface area contributed by atoms with Crippen LogP contribution in [0, 0.1) is 0 Å². The molecule has 0 saturated carbocycles. The highest BCUT2D eigenvalue weighted by Crippen LogP contribution is 2.30. The van der Waals surface area contributed by atoms with Crippen LogP contribution in [-0.2, 0) is 4.29 Å². The van der Waals surface area contributed by atoms with Gasteiger partial charge in [0.05, 0.1) is 23.7 Å². The zero-order valence-corrected chi connectivity index (χ0v) is 14.9. The minimum atomic E-state index is -0.736. The molecule has 2 aromatic carbocycles. The highest BCUT2D eigenvalue weighted by molar-refractivity contribution is 6.18. The van der Waals surface area contributed by atoms with Crippen LogP contribution < -0.4 is 9.64 Å². The van der Waals surface area contributed by atoms with Gasteiger partial charge in [-0.1, -0.05) is 18.2 Å². The first-order valence-corrected chi connectivity index (χ1v) is 8.22. The van der Waals surface area contributed by atoms with E-state index in [1.54, 1.807) is 56.5 Å². The van der Waals surface area contributed by atoms with Gasteiger partial charge in [-0.2, -0.15) is 0 Å². The molecular weight excluding hydrogens is 358 g/mol. The van der Waals surface area contributed by atoms with Crippen molar-refractivity contribution in [1.29, 1.82) is 0 Å². The second-order valence-corrected chi connectivity index (χ2v) is 5.57. The van der Waals surface area contributed by atoms with Crippen LogP contribution in [0.4, 0.5) is 5.69 Å². The maximum Gasteiger partial charge on any atom is 0.358 e. The zero-order chi connectivity index (χ0) is 18.7. The summed E-state index contributed by atoms with van der Waals surface area (Å²) in [6, 6.07) is 13.5. The Kier molecular flexibility index (Phi) is 5.14. The molecule has 0 atom stereocenters. The summed E-state index contributed by atoms with van der Waals surface area (Å²) in [5.41, 5.74) is 1.11. The average molecular weight is 374 g/mol. The number of amides is 1. The third-order valence-electron chi connectivity index (χ3n) is 4.00. The van der Waals surface area contributed by atoms with Crippen LogP contribution in [0.3, 0.4) is 0 Å². The van der Waals surface area contributed by atoms with Gasteiger partial charge in [-0.25, -0.2) is 4.79 Å². The van der Waals surface area contributed by atoms with Crippen molar-refractivity contribution < 1.29 is 23.0 Å². The lowest BCUT2D eigenvalue weighted by molar-refractivity contribution is 0.0752. The van der Waals surface area contributed by atoms with Gasteiger partial charge >= 0.3 is 5.97 Å². The number of methoxy groups -OCH3 is 1. The Morgan fingerprint density at radius 1 is 1.15 bits per heavy atom. The number of carbonyl (C=O) groups is 2. The number of para-hydroxylation sites is 1. The molecule has 1 aromatic heterocycles. The van der Waals surface area contributed by atoms with Gasteiger partial charge in [0.1, 0.15) is 23.2 Å². The summed E-state index contributed by atoms with van der Waals surface area (Å²) in [4.78, 5) is 26.3. The highest BCUT2D eigenvalue weighted by Gasteiger charge is 2.25. The molecule has 6 nitrogen and oxygen atoms in total. The Labute approximate surface area is 155 Å². The molecule has 0 N–H and O–H groups in total. The zero-order valence-electron chi connectivity index (χ0n) is 14.2. The second-order valence-electron chi connectivity index (χ2n) is 5.41. The molecule has 1 amide bonds. The Morgan fingerprint density at radius 2 is 1.92 bits per heavy atom. The van der Waals surface area contributed by atoms with Crippen LogP contribution in [0.2, 0.25) is 0 Å².